The lowest BCUT2D eigenvalue weighted by molar-refractivity contribution is 0.0935. The van der Waals surface area contributed by atoms with Crippen LogP contribution in [0.2, 0.25) is 5.02 Å². The normalized spacial score (nSPS) is 12.4. The van der Waals surface area contributed by atoms with Crippen LogP contribution in [0.5, 0.6) is 0 Å². The monoisotopic (exact) mass is 310 g/mol. The summed E-state index contributed by atoms with van der Waals surface area (Å²) in [5.74, 6) is -0.462. The molecule has 6 heteroatoms. The molecule has 0 aliphatic rings. The van der Waals surface area contributed by atoms with Crippen LogP contribution in [0.25, 0.3) is 0 Å². The Bertz CT molecular complexity index is 594. The molecule has 4 nitrogen and oxygen atoms in total. The molecule has 2 rings (SSSR count). The maximum atomic E-state index is 13.7. The molecule has 0 saturated carbocycles. The van der Waals surface area contributed by atoms with Crippen LogP contribution < -0.4 is 5.32 Å². The Hall–Kier alpha value is -1.85. The zero-order valence-corrected chi connectivity index (χ0v) is 12.5. The van der Waals surface area contributed by atoms with Crippen molar-refractivity contribution in [3.8, 4) is 0 Å². The number of hydrogen-bond donors (Lipinski definition) is 1. The van der Waals surface area contributed by atoms with Crippen molar-refractivity contribution < 1.29 is 13.6 Å². The van der Waals surface area contributed by atoms with Crippen molar-refractivity contribution >= 4 is 17.5 Å². The van der Waals surface area contributed by atoms with Crippen LogP contribution in [0, 0.1) is 5.82 Å². The van der Waals surface area contributed by atoms with E-state index >= 15 is 0 Å². The number of carbonyl (C=O) groups is 1. The fourth-order valence-electron chi connectivity index (χ4n) is 2.01. The second-order valence-corrected chi connectivity index (χ2v) is 5.21. The first-order chi connectivity index (χ1) is 10.0. The van der Waals surface area contributed by atoms with Crippen LogP contribution in [-0.2, 0) is 0 Å². The molecule has 1 aromatic heterocycles. The van der Waals surface area contributed by atoms with Crippen LogP contribution in [0.1, 0.15) is 22.2 Å². The van der Waals surface area contributed by atoms with Crippen LogP contribution in [0.15, 0.2) is 41.0 Å². The predicted molar refractivity (Wildman–Crippen MR) is 78.9 cm³/mol. The Labute approximate surface area is 127 Å². The summed E-state index contributed by atoms with van der Waals surface area (Å²) in [6.07, 6.45) is 1.57. The van der Waals surface area contributed by atoms with Gasteiger partial charge in [-0.1, -0.05) is 17.7 Å². The molecule has 0 radical (unpaired) electrons. The molecular formula is C15H16ClFN2O2. The number of carbonyl (C=O) groups excluding carboxylic acids is 1. The van der Waals surface area contributed by atoms with Crippen molar-refractivity contribution in [3.63, 3.8) is 0 Å². The first-order valence-electron chi connectivity index (χ1n) is 6.42. The van der Waals surface area contributed by atoms with Gasteiger partial charge >= 0.3 is 0 Å². The van der Waals surface area contributed by atoms with Gasteiger partial charge in [-0.3, -0.25) is 9.69 Å². The summed E-state index contributed by atoms with van der Waals surface area (Å²) in [6.45, 7) is 0.282. The van der Waals surface area contributed by atoms with Crippen molar-refractivity contribution in [3.05, 3.63) is 58.8 Å². The molecule has 0 bridgehead atoms. The van der Waals surface area contributed by atoms with Gasteiger partial charge in [-0.15, -0.1) is 0 Å². The van der Waals surface area contributed by atoms with Crippen molar-refractivity contribution in [2.75, 3.05) is 20.6 Å². The minimum Gasteiger partial charge on any atom is -0.468 e. The molecule has 0 unspecified atom stereocenters. The van der Waals surface area contributed by atoms with Gasteiger partial charge < -0.3 is 9.73 Å². The molecule has 0 saturated heterocycles. The van der Waals surface area contributed by atoms with E-state index in [1.807, 2.05) is 25.1 Å². The van der Waals surface area contributed by atoms with E-state index in [0.717, 1.165) is 5.76 Å². The minimum absolute atomic E-state index is 0.0897. The number of halogens is 2. The van der Waals surface area contributed by atoms with Crippen molar-refractivity contribution in [2.24, 2.45) is 0 Å². The topological polar surface area (TPSA) is 45.5 Å². The SMILES string of the molecule is CN(C)[C@H](CNC(=O)c1c(F)cccc1Cl)c1ccco1. The smallest absolute Gasteiger partial charge is 0.255 e. The average Bonchev–Trinajstić information content (AvgIpc) is 2.92. The van der Waals surface area contributed by atoms with Gasteiger partial charge in [-0.2, -0.15) is 0 Å². The van der Waals surface area contributed by atoms with Crippen LogP contribution in [-0.4, -0.2) is 31.4 Å². The Kier molecular flexibility index (Phi) is 4.98. The summed E-state index contributed by atoms with van der Waals surface area (Å²) in [5.41, 5.74) is -0.142. The van der Waals surface area contributed by atoms with Gasteiger partial charge in [0.05, 0.1) is 22.9 Å². The van der Waals surface area contributed by atoms with E-state index in [2.05, 4.69) is 5.32 Å². The van der Waals surface area contributed by atoms with Crippen LogP contribution in [0.4, 0.5) is 4.39 Å². The van der Waals surface area contributed by atoms with Crippen LogP contribution >= 0.6 is 11.6 Å². The van der Waals surface area contributed by atoms with E-state index < -0.39 is 11.7 Å². The van der Waals surface area contributed by atoms with E-state index in [9.17, 15) is 9.18 Å². The summed E-state index contributed by atoms with van der Waals surface area (Å²) in [4.78, 5) is 14.0. The summed E-state index contributed by atoms with van der Waals surface area (Å²) in [7, 11) is 3.74. The summed E-state index contributed by atoms with van der Waals surface area (Å²) in [5, 5.41) is 2.78. The van der Waals surface area contributed by atoms with Gasteiger partial charge in [0.25, 0.3) is 5.91 Å². The molecule has 1 heterocycles. The number of nitrogens with one attached hydrogen (secondary N) is 1. The molecular weight excluding hydrogens is 295 g/mol. The number of benzene rings is 1. The van der Waals surface area contributed by atoms with E-state index in [1.165, 1.54) is 18.2 Å². The van der Waals surface area contributed by atoms with E-state index in [1.54, 1.807) is 12.3 Å². The van der Waals surface area contributed by atoms with Gasteiger partial charge in [0, 0.05) is 6.54 Å². The molecule has 1 N–H and O–H groups in total. The number of furan rings is 1. The summed E-state index contributed by atoms with van der Waals surface area (Å²) in [6, 6.07) is 7.61. The highest BCUT2D eigenvalue weighted by Gasteiger charge is 2.20. The lowest BCUT2D eigenvalue weighted by atomic mass is 10.1. The van der Waals surface area contributed by atoms with Gasteiger partial charge in [-0.25, -0.2) is 4.39 Å². The number of rotatable bonds is 5. The number of hydrogen-bond acceptors (Lipinski definition) is 3. The standard InChI is InChI=1S/C15H16ClFN2O2/c1-19(2)12(13-7-4-8-21-13)9-18-15(20)14-10(16)5-3-6-11(14)17/h3-8,12H,9H2,1-2H3,(H,18,20)/t12-/m1/s1. The lowest BCUT2D eigenvalue weighted by Gasteiger charge is -2.22. The maximum Gasteiger partial charge on any atom is 0.255 e. The van der Waals surface area contributed by atoms with E-state index in [0.29, 0.717) is 0 Å². The molecule has 0 aliphatic heterocycles. The molecule has 1 aromatic carbocycles. The predicted octanol–water partition coefficient (Wildman–Crippen LogP) is 3.10. The Morgan fingerprint density at radius 1 is 1.38 bits per heavy atom. The molecule has 0 fully saturated rings. The van der Waals surface area contributed by atoms with Gasteiger partial charge in [0.15, 0.2) is 0 Å². The third-order valence-corrected chi connectivity index (χ3v) is 3.46. The molecule has 0 spiro atoms. The van der Waals surface area contributed by atoms with E-state index in [-0.39, 0.29) is 23.2 Å². The molecule has 1 atom stereocenters. The highest BCUT2D eigenvalue weighted by molar-refractivity contribution is 6.33. The van der Waals surface area contributed by atoms with E-state index in [4.69, 9.17) is 16.0 Å². The molecule has 21 heavy (non-hydrogen) atoms. The fourth-order valence-corrected chi connectivity index (χ4v) is 2.26. The van der Waals surface area contributed by atoms with Crippen molar-refractivity contribution in [1.29, 1.82) is 0 Å². The second-order valence-electron chi connectivity index (χ2n) is 4.80. The molecule has 2 aromatic rings. The zero-order valence-electron chi connectivity index (χ0n) is 11.8. The Morgan fingerprint density at radius 2 is 2.14 bits per heavy atom. The highest BCUT2D eigenvalue weighted by Crippen LogP contribution is 2.20. The Morgan fingerprint density at radius 3 is 2.71 bits per heavy atom. The maximum absolute atomic E-state index is 13.7. The first-order valence-corrected chi connectivity index (χ1v) is 6.80. The zero-order chi connectivity index (χ0) is 15.4. The summed E-state index contributed by atoms with van der Waals surface area (Å²) < 4.78 is 19.0. The molecule has 1 amide bonds. The lowest BCUT2D eigenvalue weighted by Crippen LogP contribution is -2.34. The van der Waals surface area contributed by atoms with Gasteiger partial charge in [0.1, 0.15) is 11.6 Å². The highest BCUT2D eigenvalue weighted by atomic mass is 35.5. The molecule has 0 aliphatic carbocycles. The largest absolute Gasteiger partial charge is 0.468 e. The summed E-state index contributed by atoms with van der Waals surface area (Å²) >= 11 is 5.87. The molecule has 112 valence electrons. The number of nitrogens with zero attached hydrogens (tertiary/aromatic N) is 1. The van der Waals surface area contributed by atoms with Gasteiger partial charge in [0.2, 0.25) is 0 Å². The Balaban J connectivity index is 2.09. The number of likely N-dealkylation sites (N-methyl/N-ethyl adjacent to an activating group) is 1. The average molecular weight is 311 g/mol. The van der Waals surface area contributed by atoms with Crippen molar-refractivity contribution in [1.82, 2.24) is 10.2 Å². The number of amides is 1. The fraction of sp³-hybridized carbons (Fsp3) is 0.267. The third-order valence-electron chi connectivity index (χ3n) is 3.14. The van der Waals surface area contributed by atoms with Crippen molar-refractivity contribution in [2.45, 2.75) is 6.04 Å². The quantitative estimate of drug-likeness (QED) is 0.923. The second kappa shape index (κ2) is 6.74. The van der Waals surface area contributed by atoms with Gasteiger partial charge in [-0.05, 0) is 38.4 Å². The first kappa shape index (κ1) is 15.5. The third kappa shape index (κ3) is 3.62. The minimum atomic E-state index is -0.639. The van der Waals surface area contributed by atoms with Crippen LogP contribution in [0.3, 0.4) is 0 Å².